The Kier molecular flexibility index (Phi) is 6.92. The number of halogens is 4. The van der Waals surface area contributed by atoms with Gasteiger partial charge in [-0.1, -0.05) is 24.6 Å². The van der Waals surface area contributed by atoms with Crippen LogP contribution in [0.5, 0.6) is 5.88 Å². The number of ether oxygens (including phenoxy) is 1. The molecule has 0 bridgehead atoms. The molecule has 3 aromatic rings. The summed E-state index contributed by atoms with van der Waals surface area (Å²) >= 11 is 6.04. The minimum Gasteiger partial charge on any atom is -0.471 e. The third-order valence-corrected chi connectivity index (χ3v) is 5.90. The summed E-state index contributed by atoms with van der Waals surface area (Å²) in [5.74, 6) is -0.563. The van der Waals surface area contributed by atoms with Crippen LogP contribution >= 0.6 is 11.6 Å². The fourth-order valence-corrected chi connectivity index (χ4v) is 4.01. The average Bonchev–Trinajstić information content (AvgIpc) is 3.17. The summed E-state index contributed by atoms with van der Waals surface area (Å²) in [6, 6.07) is 5.62. The number of hydrogen-bond donors (Lipinski definition) is 3. The van der Waals surface area contributed by atoms with Crippen LogP contribution in [0.25, 0.3) is 11.2 Å². The van der Waals surface area contributed by atoms with Crippen molar-refractivity contribution in [1.29, 1.82) is 0 Å². The Bertz CT molecular complexity index is 1130. The summed E-state index contributed by atoms with van der Waals surface area (Å²) in [6.07, 6.45) is 0.958. The lowest BCUT2D eigenvalue weighted by Gasteiger charge is -2.27. The summed E-state index contributed by atoms with van der Waals surface area (Å²) in [4.78, 5) is 24.2. The minimum absolute atomic E-state index is 0.00347. The zero-order valence-corrected chi connectivity index (χ0v) is 18.6. The zero-order valence-electron chi connectivity index (χ0n) is 17.8. The highest BCUT2D eigenvalue weighted by molar-refractivity contribution is 6.33. The van der Waals surface area contributed by atoms with E-state index in [0.29, 0.717) is 5.92 Å². The molecular weight excluding hydrogens is 459 g/mol. The number of alkyl halides is 2. The van der Waals surface area contributed by atoms with Gasteiger partial charge in [0.2, 0.25) is 11.8 Å². The molecule has 2 heterocycles. The van der Waals surface area contributed by atoms with Gasteiger partial charge in [0.25, 0.3) is 12.3 Å². The molecule has 1 amide bonds. The highest BCUT2D eigenvalue weighted by Gasteiger charge is 2.24. The molecule has 7 nitrogen and oxygen atoms in total. The number of nitrogens with one attached hydrogen (secondary N) is 3. The van der Waals surface area contributed by atoms with Crippen LogP contribution in [-0.2, 0) is 0 Å². The second kappa shape index (κ2) is 9.86. The maximum atomic E-state index is 14.1. The van der Waals surface area contributed by atoms with Crippen LogP contribution in [-0.4, -0.2) is 39.9 Å². The van der Waals surface area contributed by atoms with Gasteiger partial charge in [0.15, 0.2) is 12.3 Å². The summed E-state index contributed by atoms with van der Waals surface area (Å²) in [6.45, 7) is 1.26. The molecule has 0 saturated heterocycles. The molecule has 4 rings (SSSR count). The number of amides is 1. The van der Waals surface area contributed by atoms with E-state index in [1.807, 2.05) is 0 Å². The van der Waals surface area contributed by atoms with Crippen LogP contribution < -0.4 is 15.4 Å². The van der Waals surface area contributed by atoms with Gasteiger partial charge in [0.05, 0.1) is 10.7 Å². The molecule has 1 fully saturated rings. The Balaban J connectivity index is 1.62. The SMILES string of the molecule is C[C@H]1CC[C@H](NC(=O)c2cc3nc(Nc4c(F)cccc4Cl)[nH]c3nc2OCC(F)F)CC1. The van der Waals surface area contributed by atoms with Crippen LogP contribution in [0.3, 0.4) is 0 Å². The number of aromatic nitrogens is 3. The van der Waals surface area contributed by atoms with E-state index in [2.05, 4.69) is 32.5 Å². The van der Waals surface area contributed by atoms with Gasteiger partial charge in [0.1, 0.15) is 16.9 Å². The van der Waals surface area contributed by atoms with E-state index >= 15 is 0 Å². The van der Waals surface area contributed by atoms with E-state index in [4.69, 9.17) is 16.3 Å². The average molecular weight is 482 g/mol. The van der Waals surface area contributed by atoms with Gasteiger partial charge in [-0.3, -0.25) is 4.79 Å². The van der Waals surface area contributed by atoms with E-state index in [9.17, 15) is 18.0 Å². The van der Waals surface area contributed by atoms with E-state index < -0.39 is 24.8 Å². The lowest BCUT2D eigenvalue weighted by Crippen LogP contribution is -2.37. The molecule has 0 aliphatic heterocycles. The van der Waals surface area contributed by atoms with Gasteiger partial charge in [-0.15, -0.1) is 0 Å². The number of benzene rings is 1. The molecule has 0 radical (unpaired) electrons. The van der Waals surface area contributed by atoms with Gasteiger partial charge >= 0.3 is 0 Å². The van der Waals surface area contributed by atoms with Gasteiger partial charge in [-0.2, -0.15) is 4.98 Å². The third-order valence-electron chi connectivity index (χ3n) is 5.58. The number of hydrogen-bond acceptors (Lipinski definition) is 5. The maximum Gasteiger partial charge on any atom is 0.272 e. The summed E-state index contributed by atoms with van der Waals surface area (Å²) in [7, 11) is 0. The minimum atomic E-state index is -2.74. The number of imidazole rings is 1. The molecule has 176 valence electrons. The molecule has 1 aliphatic carbocycles. The van der Waals surface area contributed by atoms with Gasteiger partial charge in [0, 0.05) is 6.04 Å². The Hall–Kier alpha value is -3.01. The normalized spacial score (nSPS) is 18.5. The standard InChI is InChI=1S/C22H23ClF3N5O2/c1-11-5-7-12(8-6-11)27-20(32)13-9-16-19(30-21(13)33-10-17(25)26)31-22(28-16)29-18-14(23)3-2-4-15(18)24/h2-4,9,11-12,17H,5-8,10H2,1H3,(H,27,32)(H2,28,29,30,31)/t11-,12-. The third kappa shape index (κ3) is 5.50. The Morgan fingerprint density at radius 1 is 1.27 bits per heavy atom. The topological polar surface area (TPSA) is 91.9 Å². The first-order valence-corrected chi connectivity index (χ1v) is 11.0. The number of nitrogens with zero attached hydrogens (tertiary/aromatic N) is 2. The fraction of sp³-hybridized carbons (Fsp3) is 0.409. The summed E-state index contributed by atoms with van der Waals surface area (Å²) in [5.41, 5.74) is 0.467. The van der Waals surface area contributed by atoms with Crippen LogP contribution in [0.2, 0.25) is 5.02 Å². The first kappa shape index (κ1) is 23.2. The van der Waals surface area contributed by atoms with Crippen LogP contribution in [0.15, 0.2) is 24.3 Å². The van der Waals surface area contributed by atoms with Gasteiger partial charge in [-0.25, -0.2) is 18.2 Å². The van der Waals surface area contributed by atoms with Crippen molar-refractivity contribution in [3.8, 4) is 5.88 Å². The van der Waals surface area contributed by atoms with Crippen LogP contribution in [0.4, 0.5) is 24.8 Å². The van der Waals surface area contributed by atoms with Crippen molar-refractivity contribution in [2.75, 3.05) is 11.9 Å². The number of fused-ring (bicyclic) bond motifs is 1. The second-order valence-electron chi connectivity index (χ2n) is 8.15. The molecule has 1 saturated carbocycles. The largest absolute Gasteiger partial charge is 0.471 e. The Morgan fingerprint density at radius 2 is 2.03 bits per heavy atom. The molecule has 2 aromatic heterocycles. The van der Waals surface area contributed by atoms with E-state index in [1.54, 1.807) is 0 Å². The first-order valence-electron chi connectivity index (χ1n) is 10.6. The van der Waals surface area contributed by atoms with Crippen LogP contribution in [0.1, 0.15) is 43.0 Å². The summed E-state index contributed by atoms with van der Waals surface area (Å²) < 4.78 is 44.8. The molecule has 0 spiro atoms. The molecule has 0 unspecified atom stereocenters. The first-order chi connectivity index (χ1) is 15.8. The molecule has 3 N–H and O–H groups in total. The van der Waals surface area contributed by atoms with E-state index in [-0.39, 0.29) is 45.3 Å². The Morgan fingerprint density at radius 3 is 2.73 bits per heavy atom. The number of anilines is 2. The molecule has 33 heavy (non-hydrogen) atoms. The van der Waals surface area contributed by atoms with Gasteiger partial charge in [-0.05, 0) is 49.8 Å². The fourth-order valence-electron chi connectivity index (χ4n) is 3.80. The van der Waals surface area contributed by atoms with Crippen molar-refractivity contribution in [2.24, 2.45) is 5.92 Å². The summed E-state index contributed by atoms with van der Waals surface area (Å²) in [5, 5.41) is 5.83. The quantitative estimate of drug-likeness (QED) is 0.417. The predicted octanol–water partition coefficient (Wildman–Crippen LogP) is 5.45. The van der Waals surface area contributed by atoms with Crippen molar-refractivity contribution in [2.45, 2.75) is 45.1 Å². The van der Waals surface area contributed by atoms with Crippen molar-refractivity contribution in [3.63, 3.8) is 0 Å². The van der Waals surface area contributed by atoms with Crippen molar-refractivity contribution < 1.29 is 22.7 Å². The molecular formula is C22H23ClF3N5O2. The number of para-hydroxylation sites is 1. The van der Waals surface area contributed by atoms with Crippen LogP contribution in [0, 0.1) is 11.7 Å². The molecule has 1 aliphatic rings. The number of rotatable bonds is 7. The van der Waals surface area contributed by atoms with Crippen molar-refractivity contribution >= 4 is 40.3 Å². The lowest BCUT2D eigenvalue weighted by atomic mass is 9.87. The highest BCUT2D eigenvalue weighted by Crippen LogP contribution is 2.29. The van der Waals surface area contributed by atoms with Gasteiger partial charge < -0.3 is 20.4 Å². The monoisotopic (exact) mass is 481 g/mol. The molecule has 0 atom stereocenters. The zero-order chi connectivity index (χ0) is 23.5. The predicted molar refractivity (Wildman–Crippen MR) is 119 cm³/mol. The van der Waals surface area contributed by atoms with E-state index in [1.165, 1.54) is 24.3 Å². The van der Waals surface area contributed by atoms with E-state index in [0.717, 1.165) is 25.7 Å². The highest BCUT2D eigenvalue weighted by atomic mass is 35.5. The second-order valence-corrected chi connectivity index (χ2v) is 8.56. The number of carbonyl (C=O) groups excluding carboxylic acids is 1. The number of carbonyl (C=O) groups is 1. The smallest absolute Gasteiger partial charge is 0.272 e. The molecule has 1 aromatic carbocycles. The van der Waals surface area contributed by atoms with Crippen molar-refractivity contribution in [1.82, 2.24) is 20.3 Å². The number of H-pyrrole nitrogens is 1. The molecule has 11 heteroatoms. The lowest BCUT2D eigenvalue weighted by molar-refractivity contribution is 0.0770. The van der Waals surface area contributed by atoms with Crippen molar-refractivity contribution in [3.05, 3.63) is 40.7 Å². The number of aromatic amines is 1. The maximum absolute atomic E-state index is 14.1. The number of pyridine rings is 1. The Labute approximate surface area is 193 Å².